The highest BCUT2D eigenvalue weighted by molar-refractivity contribution is 5.98. The van der Waals surface area contributed by atoms with Crippen LogP contribution in [0.25, 0.3) is 0 Å². The van der Waals surface area contributed by atoms with Gasteiger partial charge in [0, 0.05) is 12.7 Å². The van der Waals surface area contributed by atoms with Crippen molar-refractivity contribution in [3.63, 3.8) is 0 Å². The van der Waals surface area contributed by atoms with Gasteiger partial charge in [-0.15, -0.1) is 0 Å². The van der Waals surface area contributed by atoms with Crippen molar-refractivity contribution in [3.8, 4) is 0 Å². The van der Waals surface area contributed by atoms with E-state index in [-0.39, 0.29) is 11.9 Å². The molecule has 0 bridgehead atoms. The zero-order valence-electron chi connectivity index (χ0n) is 7.50. The summed E-state index contributed by atoms with van der Waals surface area (Å²) in [6.45, 7) is 2.47. The number of hydrogen-bond donors (Lipinski definition) is 0. The quantitative estimate of drug-likeness (QED) is 0.640. The van der Waals surface area contributed by atoms with Crippen molar-refractivity contribution in [2.75, 3.05) is 13.7 Å². The molecular weight excluding hydrogens is 156 g/mol. The molecule has 0 aromatic heterocycles. The second-order valence-corrected chi connectivity index (χ2v) is 2.86. The fourth-order valence-corrected chi connectivity index (χ4v) is 1.11. The molecule has 12 heavy (non-hydrogen) atoms. The van der Waals surface area contributed by atoms with Gasteiger partial charge < -0.3 is 9.47 Å². The van der Waals surface area contributed by atoms with E-state index in [1.54, 1.807) is 13.2 Å². The average molecular weight is 170 g/mol. The second-order valence-electron chi connectivity index (χ2n) is 2.86. The zero-order chi connectivity index (χ0) is 8.97. The molecule has 0 aromatic rings. The summed E-state index contributed by atoms with van der Waals surface area (Å²) in [4.78, 5) is 11.5. The molecular formula is C9H14O3. The third-order valence-electron chi connectivity index (χ3n) is 1.97. The summed E-state index contributed by atoms with van der Waals surface area (Å²) >= 11 is 0. The van der Waals surface area contributed by atoms with Crippen LogP contribution < -0.4 is 0 Å². The van der Waals surface area contributed by atoms with E-state index < -0.39 is 0 Å². The van der Waals surface area contributed by atoms with Crippen molar-refractivity contribution in [2.24, 2.45) is 0 Å². The van der Waals surface area contributed by atoms with E-state index >= 15 is 0 Å². The lowest BCUT2D eigenvalue weighted by atomic mass is 10.0. The Labute approximate surface area is 72.4 Å². The van der Waals surface area contributed by atoms with Crippen LogP contribution in [0.2, 0.25) is 0 Å². The fourth-order valence-electron chi connectivity index (χ4n) is 1.11. The lowest BCUT2D eigenvalue weighted by Crippen LogP contribution is -2.22. The summed E-state index contributed by atoms with van der Waals surface area (Å²) in [5.74, 6) is 0.0391. The minimum atomic E-state index is -0.349. The molecule has 1 unspecified atom stereocenters. The SMILES string of the molecule is COC(C)C(=O)C1=COCCC1. The highest BCUT2D eigenvalue weighted by Crippen LogP contribution is 2.14. The lowest BCUT2D eigenvalue weighted by molar-refractivity contribution is -0.124. The van der Waals surface area contributed by atoms with Gasteiger partial charge >= 0.3 is 0 Å². The maximum atomic E-state index is 11.5. The lowest BCUT2D eigenvalue weighted by Gasteiger charge is -2.15. The molecule has 0 saturated heterocycles. The van der Waals surface area contributed by atoms with Crippen molar-refractivity contribution in [2.45, 2.75) is 25.9 Å². The molecule has 0 spiro atoms. The predicted molar refractivity (Wildman–Crippen MR) is 44.7 cm³/mol. The first-order valence-electron chi connectivity index (χ1n) is 4.13. The average Bonchev–Trinajstić information content (AvgIpc) is 2.17. The highest BCUT2D eigenvalue weighted by atomic mass is 16.5. The Morgan fingerprint density at radius 2 is 2.50 bits per heavy atom. The maximum absolute atomic E-state index is 11.5. The summed E-state index contributed by atoms with van der Waals surface area (Å²) in [6.07, 6.45) is 2.94. The first-order valence-corrected chi connectivity index (χ1v) is 4.13. The van der Waals surface area contributed by atoms with Gasteiger partial charge in [0.2, 0.25) is 0 Å². The number of carbonyl (C=O) groups excluding carboxylic acids is 1. The monoisotopic (exact) mass is 170 g/mol. The highest BCUT2D eigenvalue weighted by Gasteiger charge is 2.18. The van der Waals surface area contributed by atoms with Gasteiger partial charge in [-0.05, 0) is 19.8 Å². The molecule has 0 radical (unpaired) electrons. The van der Waals surface area contributed by atoms with E-state index in [0.29, 0.717) is 0 Å². The molecule has 0 saturated carbocycles. The molecule has 0 N–H and O–H groups in total. The number of ether oxygens (including phenoxy) is 2. The van der Waals surface area contributed by atoms with Gasteiger partial charge in [0.15, 0.2) is 5.78 Å². The smallest absolute Gasteiger partial charge is 0.190 e. The van der Waals surface area contributed by atoms with E-state index in [1.807, 2.05) is 0 Å². The number of carbonyl (C=O) groups is 1. The molecule has 0 aromatic carbocycles. The van der Waals surface area contributed by atoms with Crippen LogP contribution in [0.15, 0.2) is 11.8 Å². The van der Waals surface area contributed by atoms with Crippen LogP contribution in [-0.2, 0) is 14.3 Å². The van der Waals surface area contributed by atoms with E-state index in [1.165, 1.54) is 7.11 Å². The molecule has 0 aliphatic carbocycles. The predicted octanol–water partition coefficient (Wildman–Crippen LogP) is 1.28. The van der Waals surface area contributed by atoms with Crippen molar-refractivity contribution in [1.82, 2.24) is 0 Å². The van der Waals surface area contributed by atoms with Crippen LogP contribution in [0.5, 0.6) is 0 Å². The van der Waals surface area contributed by atoms with Gasteiger partial charge in [0.1, 0.15) is 6.10 Å². The standard InChI is InChI=1S/C9H14O3/c1-7(11-2)9(10)8-4-3-5-12-6-8/h6-7H,3-5H2,1-2H3. The summed E-state index contributed by atoms with van der Waals surface area (Å²) in [6, 6.07) is 0. The van der Waals surface area contributed by atoms with Crippen molar-refractivity contribution in [1.29, 1.82) is 0 Å². The molecule has 1 aliphatic rings. The van der Waals surface area contributed by atoms with Crippen LogP contribution in [0, 0.1) is 0 Å². The van der Waals surface area contributed by atoms with Crippen LogP contribution in [0.1, 0.15) is 19.8 Å². The van der Waals surface area contributed by atoms with E-state index in [2.05, 4.69) is 0 Å². The van der Waals surface area contributed by atoms with Gasteiger partial charge in [0.05, 0.1) is 12.9 Å². The largest absolute Gasteiger partial charge is 0.501 e. The van der Waals surface area contributed by atoms with Crippen LogP contribution >= 0.6 is 0 Å². The maximum Gasteiger partial charge on any atom is 0.190 e. The minimum absolute atomic E-state index is 0.0391. The number of ketones is 1. The van der Waals surface area contributed by atoms with Crippen LogP contribution in [-0.4, -0.2) is 25.6 Å². The molecule has 68 valence electrons. The Balaban J connectivity index is 2.56. The van der Waals surface area contributed by atoms with E-state index in [4.69, 9.17) is 9.47 Å². The minimum Gasteiger partial charge on any atom is -0.501 e. The summed E-state index contributed by atoms with van der Waals surface area (Å²) in [5.41, 5.74) is 0.746. The zero-order valence-corrected chi connectivity index (χ0v) is 7.50. The van der Waals surface area contributed by atoms with Crippen molar-refractivity contribution < 1.29 is 14.3 Å². The van der Waals surface area contributed by atoms with Gasteiger partial charge in [-0.2, -0.15) is 0 Å². The van der Waals surface area contributed by atoms with Gasteiger partial charge in [0.25, 0.3) is 0 Å². The van der Waals surface area contributed by atoms with Crippen LogP contribution in [0.3, 0.4) is 0 Å². The number of hydrogen-bond acceptors (Lipinski definition) is 3. The van der Waals surface area contributed by atoms with Gasteiger partial charge in [-0.25, -0.2) is 0 Å². The molecule has 0 fully saturated rings. The Hall–Kier alpha value is -0.830. The Morgan fingerprint density at radius 1 is 1.75 bits per heavy atom. The summed E-state index contributed by atoms with van der Waals surface area (Å²) in [5, 5.41) is 0. The third-order valence-corrected chi connectivity index (χ3v) is 1.97. The Bertz CT molecular complexity index is 196. The normalized spacial score (nSPS) is 19.3. The summed E-state index contributed by atoms with van der Waals surface area (Å²) in [7, 11) is 1.53. The molecule has 0 amide bonds. The molecule has 1 heterocycles. The molecule has 1 rings (SSSR count). The van der Waals surface area contributed by atoms with Gasteiger partial charge in [-0.3, -0.25) is 4.79 Å². The van der Waals surface area contributed by atoms with E-state index in [0.717, 1.165) is 25.0 Å². The number of methoxy groups -OCH3 is 1. The topological polar surface area (TPSA) is 35.5 Å². The first kappa shape index (κ1) is 9.26. The number of Topliss-reactive ketones (excluding diaryl/α,β-unsaturated/α-hetero) is 1. The molecule has 1 atom stereocenters. The van der Waals surface area contributed by atoms with E-state index in [9.17, 15) is 4.79 Å². The van der Waals surface area contributed by atoms with Gasteiger partial charge in [-0.1, -0.05) is 0 Å². The number of rotatable bonds is 3. The Morgan fingerprint density at radius 3 is 3.00 bits per heavy atom. The van der Waals surface area contributed by atoms with Crippen molar-refractivity contribution in [3.05, 3.63) is 11.8 Å². The fraction of sp³-hybridized carbons (Fsp3) is 0.667. The van der Waals surface area contributed by atoms with Crippen LogP contribution in [0.4, 0.5) is 0 Å². The summed E-state index contributed by atoms with van der Waals surface area (Å²) < 4.78 is 9.98. The van der Waals surface area contributed by atoms with Crippen molar-refractivity contribution >= 4 is 5.78 Å². The molecule has 1 aliphatic heterocycles. The second kappa shape index (κ2) is 4.26. The Kier molecular flexibility index (Phi) is 3.29. The molecule has 3 heteroatoms. The third kappa shape index (κ3) is 2.08. The molecule has 3 nitrogen and oxygen atoms in total. The first-order chi connectivity index (χ1) is 5.75.